The first-order valence-electron chi connectivity index (χ1n) is 5.05. The van der Waals surface area contributed by atoms with E-state index in [0.29, 0.717) is 11.1 Å². The van der Waals surface area contributed by atoms with Gasteiger partial charge in [-0.25, -0.2) is 0 Å². The van der Waals surface area contributed by atoms with Crippen molar-refractivity contribution in [3.05, 3.63) is 29.3 Å². The summed E-state index contributed by atoms with van der Waals surface area (Å²) >= 11 is 0. The number of carboxylic acids is 1. The molecule has 1 unspecified atom stereocenters. The number of carboxylic acid groups (broad SMARTS) is 1. The Morgan fingerprint density at radius 3 is 2.38 bits per heavy atom. The summed E-state index contributed by atoms with van der Waals surface area (Å²) in [5.41, 5.74) is 6.46. The van der Waals surface area contributed by atoms with Gasteiger partial charge in [0.1, 0.15) is 11.8 Å². The molecule has 16 heavy (non-hydrogen) atoms. The monoisotopic (exact) mass is 223 g/mol. The number of rotatable bonds is 2. The van der Waals surface area contributed by atoms with Crippen LogP contribution in [0.2, 0.25) is 0 Å². The quantitative estimate of drug-likeness (QED) is 0.713. The third-order valence-electron chi connectivity index (χ3n) is 2.45. The van der Waals surface area contributed by atoms with Gasteiger partial charge in [0.25, 0.3) is 0 Å². The minimum absolute atomic E-state index is 0.161. The van der Waals surface area contributed by atoms with E-state index < -0.39 is 12.0 Å². The Morgan fingerprint density at radius 1 is 1.38 bits per heavy atom. The molecular formula is C12H17NO3. The summed E-state index contributed by atoms with van der Waals surface area (Å²) < 4.78 is 0. The van der Waals surface area contributed by atoms with Gasteiger partial charge in [-0.15, -0.1) is 0 Å². The lowest BCUT2D eigenvalue weighted by Gasteiger charge is -2.22. The molecule has 0 amide bonds. The lowest BCUT2D eigenvalue weighted by atomic mass is 9.84. The molecule has 0 aliphatic rings. The molecule has 0 aliphatic heterocycles. The Labute approximate surface area is 94.7 Å². The topological polar surface area (TPSA) is 83.6 Å². The van der Waals surface area contributed by atoms with Crippen LogP contribution < -0.4 is 5.73 Å². The second-order valence-electron chi connectivity index (χ2n) is 4.84. The number of carbonyl (C=O) groups is 1. The Bertz CT molecular complexity index is 407. The highest BCUT2D eigenvalue weighted by molar-refractivity contribution is 5.75. The number of aromatic hydroxyl groups is 1. The Balaban J connectivity index is 3.23. The fraction of sp³-hybridized carbons (Fsp3) is 0.417. The van der Waals surface area contributed by atoms with Crippen LogP contribution in [0.5, 0.6) is 5.75 Å². The van der Waals surface area contributed by atoms with Crippen LogP contribution in [0, 0.1) is 0 Å². The molecule has 88 valence electrons. The third-order valence-corrected chi connectivity index (χ3v) is 2.45. The number of phenols is 1. The number of nitrogens with two attached hydrogens (primary N) is 1. The molecule has 4 heteroatoms. The van der Waals surface area contributed by atoms with Crippen molar-refractivity contribution in [3.63, 3.8) is 0 Å². The molecule has 1 atom stereocenters. The fourth-order valence-corrected chi connectivity index (χ4v) is 1.49. The van der Waals surface area contributed by atoms with Gasteiger partial charge in [-0.3, -0.25) is 4.79 Å². The molecule has 0 spiro atoms. The Kier molecular flexibility index (Phi) is 3.24. The molecule has 0 saturated carbocycles. The average Bonchev–Trinajstić information content (AvgIpc) is 2.15. The first kappa shape index (κ1) is 12.5. The van der Waals surface area contributed by atoms with E-state index in [9.17, 15) is 9.90 Å². The molecule has 1 rings (SSSR count). The molecule has 4 nitrogen and oxygen atoms in total. The molecule has 4 N–H and O–H groups in total. The highest BCUT2D eigenvalue weighted by Gasteiger charge is 2.21. The van der Waals surface area contributed by atoms with Crippen LogP contribution >= 0.6 is 0 Å². The zero-order chi connectivity index (χ0) is 12.5. The summed E-state index contributed by atoms with van der Waals surface area (Å²) in [5, 5.41) is 18.5. The van der Waals surface area contributed by atoms with Crippen molar-refractivity contribution in [2.24, 2.45) is 5.73 Å². The maximum Gasteiger partial charge on any atom is 0.325 e. The van der Waals surface area contributed by atoms with Crippen molar-refractivity contribution in [2.75, 3.05) is 0 Å². The van der Waals surface area contributed by atoms with Crippen molar-refractivity contribution in [1.82, 2.24) is 0 Å². The summed E-state index contributed by atoms with van der Waals surface area (Å²) in [7, 11) is 0. The third kappa shape index (κ3) is 2.52. The normalized spacial score (nSPS) is 13.5. The average molecular weight is 223 g/mol. The molecule has 0 bridgehead atoms. The van der Waals surface area contributed by atoms with E-state index in [0.717, 1.165) is 0 Å². The van der Waals surface area contributed by atoms with Gasteiger partial charge in [0.05, 0.1) is 0 Å². The molecule has 0 heterocycles. The van der Waals surface area contributed by atoms with E-state index in [4.69, 9.17) is 10.8 Å². The second-order valence-corrected chi connectivity index (χ2v) is 4.84. The van der Waals surface area contributed by atoms with Gasteiger partial charge in [-0.1, -0.05) is 26.8 Å². The predicted octanol–water partition coefficient (Wildman–Crippen LogP) is 1.77. The first-order chi connectivity index (χ1) is 7.23. The van der Waals surface area contributed by atoms with Crippen LogP contribution in [-0.4, -0.2) is 16.2 Å². The van der Waals surface area contributed by atoms with Crippen LogP contribution in [0.1, 0.15) is 37.9 Å². The summed E-state index contributed by atoms with van der Waals surface area (Å²) in [6, 6.07) is 3.61. The minimum Gasteiger partial charge on any atom is -0.508 e. The largest absolute Gasteiger partial charge is 0.508 e. The molecule has 1 aromatic carbocycles. The van der Waals surface area contributed by atoms with Crippen molar-refractivity contribution in [2.45, 2.75) is 32.2 Å². The molecule has 1 aromatic rings. The van der Waals surface area contributed by atoms with E-state index in [2.05, 4.69) is 0 Å². The van der Waals surface area contributed by atoms with Gasteiger partial charge < -0.3 is 15.9 Å². The van der Waals surface area contributed by atoms with Crippen LogP contribution in [0.4, 0.5) is 0 Å². The Morgan fingerprint density at radius 2 is 1.94 bits per heavy atom. The standard InChI is InChI=1S/C12H17NO3/c1-12(2,3)8-6-7(4-5-9(8)14)10(13)11(15)16/h4-6,10,14H,13H2,1-3H3,(H,15,16). The zero-order valence-corrected chi connectivity index (χ0v) is 9.69. The molecule has 0 fully saturated rings. The fourth-order valence-electron chi connectivity index (χ4n) is 1.49. The highest BCUT2D eigenvalue weighted by Crippen LogP contribution is 2.32. The van der Waals surface area contributed by atoms with Gasteiger partial charge in [-0.05, 0) is 28.7 Å². The van der Waals surface area contributed by atoms with Crippen molar-refractivity contribution in [3.8, 4) is 5.75 Å². The van der Waals surface area contributed by atoms with Crippen LogP contribution in [0.3, 0.4) is 0 Å². The van der Waals surface area contributed by atoms with E-state index >= 15 is 0 Å². The summed E-state index contributed by atoms with van der Waals surface area (Å²) in [5.74, 6) is -0.917. The number of benzene rings is 1. The van der Waals surface area contributed by atoms with Gasteiger partial charge in [0, 0.05) is 0 Å². The molecule has 0 radical (unpaired) electrons. The zero-order valence-electron chi connectivity index (χ0n) is 9.69. The van der Waals surface area contributed by atoms with Crippen LogP contribution in [0.15, 0.2) is 18.2 Å². The highest BCUT2D eigenvalue weighted by atomic mass is 16.4. The Hall–Kier alpha value is -1.55. The van der Waals surface area contributed by atoms with E-state index in [1.807, 2.05) is 20.8 Å². The summed E-state index contributed by atoms with van der Waals surface area (Å²) in [6.07, 6.45) is 0. The molecule has 0 saturated heterocycles. The number of hydrogen-bond acceptors (Lipinski definition) is 3. The lowest BCUT2D eigenvalue weighted by Crippen LogP contribution is -2.21. The maximum absolute atomic E-state index is 10.8. The summed E-state index contributed by atoms with van der Waals surface area (Å²) in [6.45, 7) is 5.83. The van der Waals surface area contributed by atoms with Crippen LogP contribution in [-0.2, 0) is 10.2 Å². The van der Waals surface area contributed by atoms with Crippen molar-refractivity contribution >= 4 is 5.97 Å². The smallest absolute Gasteiger partial charge is 0.325 e. The van der Waals surface area contributed by atoms with E-state index in [1.54, 1.807) is 6.07 Å². The van der Waals surface area contributed by atoms with Gasteiger partial charge in [0.2, 0.25) is 0 Å². The number of aliphatic carboxylic acids is 1. The molecule has 0 aliphatic carbocycles. The molecular weight excluding hydrogens is 206 g/mol. The van der Waals surface area contributed by atoms with Gasteiger partial charge in [0.15, 0.2) is 0 Å². The van der Waals surface area contributed by atoms with Gasteiger partial charge in [-0.2, -0.15) is 0 Å². The van der Waals surface area contributed by atoms with Gasteiger partial charge >= 0.3 is 5.97 Å². The first-order valence-corrected chi connectivity index (χ1v) is 5.05. The number of hydrogen-bond donors (Lipinski definition) is 3. The SMILES string of the molecule is CC(C)(C)c1cc(C(N)C(=O)O)ccc1O. The van der Waals surface area contributed by atoms with Crippen molar-refractivity contribution in [1.29, 1.82) is 0 Å². The maximum atomic E-state index is 10.8. The lowest BCUT2D eigenvalue weighted by molar-refractivity contribution is -0.138. The second kappa shape index (κ2) is 4.14. The predicted molar refractivity (Wildman–Crippen MR) is 61.4 cm³/mol. The van der Waals surface area contributed by atoms with Crippen LogP contribution in [0.25, 0.3) is 0 Å². The number of phenolic OH excluding ortho intramolecular Hbond substituents is 1. The van der Waals surface area contributed by atoms with Crippen molar-refractivity contribution < 1.29 is 15.0 Å². The van der Waals surface area contributed by atoms with E-state index in [-0.39, 0.29) is 11.2 Å². The molecule has 0 aromatic heterocycles. The van der Waals surface area contributed by atoms with E-state index in [1.165, 1.54) is 12.1 Å². The summed E-state index contributed by atoms with van der Waals surface area (Å²) in [4.78, 5) is 10.8. The minimum atomic E-state index is -1.08.